The fourth-order valence-electron chi connectivity index (χ4n) is 2.65. The summed E-state index contributed by atoms with van der Waals surface area (Å²) in [5.74, 6) is 1.07. The first-order valence-corrected chi connectivity index (χ1v) is 6.99. The molecule has 0 saturated heterocycles. The van der Waals surface area contributed by atoms with E-state index in [0.29, 0.717) is 11.8 Å². The molecule has 2 aromatic carbocycles. The van der Waals surface area contributed by atoms with Crippen LogP contribution >= 0.6 is 0 Å². The summed E-state index contributed by atoms with van der Waals surface area (Å²) in [6, 6.07) is 14.8. The summed E-state index contributed by atoms with van der Waals surface area (Å²) in [5.41, 5.74) is 12.1. The topological polar surface area (TPSA) is 26.0 Å². The second-order valence-electron chi connectivity index (χ2n) is 5.74. The summed E-state index contributed by atoms with van der Waals surface area (Å²) in [5, 5.41) is 0. The molecular formula is C18H23N. The smallest absolute Gasteiger partial charge is 0.0314 e. The van der Waals surface area contributed by atoms with Crippen molar-refractivity contribution >= 4 is 5.69 Å². The number of nitrogens with two attached hydrogens (primary N) is 1. The molecule has 0 amide bonds. The van der Waals surface area contributed by atoms with Gasteiger partial charge in [-0.1, -0.05) is 58.0 Å². The van der Waals surface area contributed by atoms with Crippen LogP contribution in [0.3, 0.4) is 0 Å². The maximum atomic E-state index is 5.78. The van der Waals surface area contributed by atoms with E-state index in [1.807, 2.05) is 12.1 Å². The van der Waals surface area contributed by atoms with Gasteiger partial charge in [-0.2, -0.15) is 0 Å². The Bertz CT molecular complexity index is 550. The monoisotopic (exact) mass is 253 g/mol. The Morgan fingerprint density at radius 1 is 0.789 bits per heavy atom. The lowest BCUT2D eigenvalue weighted by Gasteiger charge is -2.20. The zero-order valence-corrected chi connectivity index (χ0v) is 12.3. The first-order valence-electron chi connectivity index (χ1n) is 6.99. The first-order chi connectivity index (χ1) is 9.00. The van der Waals surface area contributed by atoms with Gasteiger partial charge in [-0.15, -0.1) is 0 Å². The molecule has 0 fully saturated rings. The number of anilines is 1. The summed E-state index contributed by atoms with van der Waals surface area (Å²) in [7, 11) is 0. The molecule has 1 nitrogen and oxygen atoms in total. The highest BCUT2D eigenvalue weighted by atomic mass is 14.5. The van der Waals surface area contributed by atoms with Crippen LogP contribution in [0.1, 0.15) is 50.7 Å². The Labute approximate surface area is 116 Å². The number of benzene rings is 2. The van der Waals surface area contributed by atoms with Crippen LogP contribution in [-0.4, -0.2) is 0 Å². The van der Waals surface area contributed by atoms with Crippen molar-refractivity contribution in [3.8, 4) is 11.1 Å². The van der Waals surface area contributed by atoms with Crippen molar-refractivity contribution in [2.75, 3.05) is 5.73 Å². The molecule has 0 aliphatic carbocycles. The molecule has 0 aromatic heterocycles. The van der Waals surface area contributed by atoms with E-state index >= 15 is 0 Å². The van der Waals surface area contributed by atoms with Crippen LogP contribution < -0.4 is 5.73 Å². The first kappa shape index (κ1) is 13.7. The lowest BCUT2D eigenvalue weighted by molar-refractivity contribution is 0.792. The van der Waals surface area contributed by atoms with Crippen LogP contribution in [-0.2, 0) is 0 Å². The van der Waals surface area contributed by atoms with E-state index in [-0.39, 0.29) is 0 Å². The normalized spacial score (nSPS) is 11.3. The fourth-order valence-corrected chi connectivity index (χ4v) is 2.65. The summed E-state index contributed by atoms with van der Waals surface area (Å²) >= 11 is 0. The van der Waals surface area contributed by atoms with Crippen LogP contribution in [0.15, 0.2) is 42.5 Å². The van der Waals surface area contributed by atoms with E-state index in [1.165, 1.54) is 22.3 Å². The molecule has 2 aromatic rings. The van der Waals surface area contributed by atoms with Gasteiger partial charge in [-0.05, 0) is 46.2 Å². The summed E-state index contributed by atoms with van der Waals surface area (Å²) in [4.78, 5) is 0. The van der Waals surface area contributed by atoms with Crippen molar-refractivity contribution in [3.63, 3.8) is 0 Å². The lowest BCUT2D eigenvalue weighted by Crippen LogP contribution is -2.01. The predicted molar refractivity (Wildman–Crippen MR) is 84.5 cm³/mol. The fraction of sp³-hybridized carbons (Fsp3) is 0.333. The Balaban J connectivity index is 2.62. The van der Waals surface area contributed by atoms with Crippen molar-refractivity contribution in [2.24, 2.45) is 0 Å². The number of hydrogen-bond acceptors (Lipinski definition) is 1. The quantitative estimate of drug-likeness (QED) is 0.749. The molecule has 0 spiro atoms. The number of nitrogen functional groups attached to an aromatic ring is 1. The summed E-state index contributed by atoms with van der Waals surface area (Å²) in [6.07, 6.45) is 0. The maximum absolute atomic E-state index is 5.78. The average Bonchev–Trinajstić information content (AvgIpc) is 2.38. The minimum Gasteiger partial charge on any atom is -0.399 e. The van der Waals surface area contributed by atoms with E-state index in [2.05, 4.69) is 58.0 Å². The molecule has 2 rings (SSSR count). The maximum Gasteiger partial charge on any atom is 0.0314 e. The van der Waals surface area contributed by atoms with Gasteiger partial charge in [-0.25, -0.2) is 0 Å². The molecule has 0 bridgehead atoms. The van der Waals surface area contributed by atoms with Crippen molar-refractivity contribution in [1.82, 2.24) is 0 Å². The van der Waals surface area contributed by atoms with E-state index in [4.69, 9.17) is 5.73 Å². The predicted octanol–water partition coefficient (Wildman–Crippen LogP) is 5.18. The molecule has 0 aliphatic rings. The van der Waals surface area contributed by atoms with Crippen molar-refractivity contribution in [3.05, 3.63) is 53.6 Å². The molecule has 1 heteroatoms. The van der Waals surface area contributed by atoms with Gasteiger partial charge in [0.25, 0.3) is 0 Å². The second-order valence-corrected chi connectivity index (χ2v) is 5.74. The molecule has 0 aliphatic heterocycles. The standard InChI is InChI=1S/C18H23N/c1-12(2)16-6-5-7-17(18(16)13(3)4)14-8-10-15(19)11-9-14/h5-13H,19H2,1-4H3. The number of hydrogen-bond donors (Lipinski definition) is 1. The number of rotatable bonds is 3. The zero-order chi connectivity index (χ0) is 14.0. The van der Waals surface area contributed by atoms with E-state index in [0.717, 1.165) is 5.69 Å². The summed E-state index contributed by atoms with van der Waals surface area (Å²) in [6.45, 7) is 9.05. The highest BCUT2D eigenvalue weighted by molar-refractivity contribution is 5.71. The minimum absolute atomic E-state index is 0.520. The minimum atomic E-state index is 0.520. The van der Waals surface area contributed by atoms with Gasteiger partial charge >= 0.3 is 0 Å². The van der Waals surface area contributed by atoms with E-state index in [9.17, 15) is 0 Å². The van der Waals surface area contributed by atoms with Gasteiger partial charge in [-0.3, -0.25) is 0 Å². The molecule has 100 valence electrons. The van der Waals surface area contributed by atoms with Gasteiger partial charge < -0.3 is 5.73 Å². The van der Waals surface area contributed by atoms with Crippen LogP contribution in [0.25, 0.3) is 11.1 Å². The Morgan fingerprint density at radius 2 is 1.42 bits per heavy atom. The van der Waals surface area contributed by atoms with Crippen molar-refractivity contribution in [1.29, 1.82) is 0 Å². The van der Waals surface area contributed by atoms with Crippen LogP contribution in [0.5, 0.6) is 0 Å². The van der Waals surface area contributed by atoms with Crippen molar-refractivity contribution in [2.45, 2.75) is 39.5 Å². The third-order valence-corrected chi connectivity index (χ3v) is 3.56. The molecule has 19 heavy (non-hydrogen) atoms. The van der Waals surface area contributed by atoms with Crippen LogP contribution in [0.2, 0.25) is 0 Å². The highest BCUT2D eigenvalue weighted by Crippen LogP contribution is 2.35. The van der Waals surface area contributed by atoms with Crippen molar-refractivity contribution < 1.29 is 0 Å². The third kappa shape index (κ3) is 2.81. The lowest BCUT2D eigenvalue weighted by atomic mass is 9.84. The van der Waals surface area contributed by atoms with Gasteiger partial charge in [0, 0.05) is 5.69 Å². The molecule has 0 radical (unpaired) electrons. The van der Waals surface area contributed by atoms with Crippen LogP contribution in [0.4, 0.5) is 5.69 Å². The summed E-state index contributed by atoms with van der Waals surface area (Å²) < 4.78 is 0. The average molecular weight is 253 g/mol. The molecular weight excluding hydrogens is 230 g/mol. The highest BCUT2D eigenvalue weighted by Gasteiger charge is 2.15. The Morgan fingerprint density at radius 3 is 1.95 bits per heavy atom. The van der Waals surface area contributed by atoms with Gasteiger partial charge in [0.1, 0.15) is 0 Å². The third-order valence-electron chi connectivity index (χ3n) is 3.56. The molecule has 0 saturated carbocycles. The van der Waals surface area contributed by atoms with Gasteiger partial charge in [0.05, 0.1) is 0 Å². The molecule has 0 unspecified atom stereocenters. The SMILES string of the molecule is CC(C)c1cccc(-c2ccc(N)cc2)c1C(C)C. The molecule has 0 atom stereocenters. The van der Waals surface area contributed by atoms with E-state index < -0.39 is 0 Å². The molecule has 2 N–H and O–H groups in total. The Hall–Kier alpha value is -1.76. The molecule has 0 heterocycles. The van der Waals surface area contributed by atoms with E-state index in [1.54, 1.807) is 0 Å². The Kier molecular flexibility index (Phi) is 3.94. The second kappa shape index (κ2) is 5.48. The van der Waals surface area contributed by atoms with Crippen LogP contribution in [0, 0.1) is 0 Å². The largest absolute Gasteiger partial charge is 0.399 e. The van der Waals surface area contributed by atoms with Gasteiger partial charge in [0.15, 0.2) is 0 Å². The van der Waals surface area contributed by atoms with Gasteiger partial charge in [0.2, 0.25) is 0 Å². The zero-order valence-electron chi connectivity index (χ0n) is 12.3.